The molecule has 0 fully saturated rings. The Morgan fingerprint density at radius 2 is 0.887 bits per heavy atom. The largest absolute Gasteiger partial charge is 0.310 e. The molecule has 0 amide bonds. The SMILES string of the molecule is c1ccc(-n2c3ccccc3c3c(-c4cccc(-c5ccccc5N(c5ccc(-c6cc7ccccc7c7ccccc67)cc5)c5ccc6ccccc6c5)c4)cccc32)cc1. The van der Waals surface area contributed by atoms with Gasteiger partial charge in [-0.15, -0.1) is 0 Å². The molecule has 0 N–H and O–H groups in total. The molecular weight excluding hydrogens is 749 g/mol. The number of aromatic nitrogens is 1. The number of benzene rings is 11. The van der Waals surface area contributed by atoms with Crippen LogP contribution in [0.2, 0.25) is 0 Å². The Hall–Kier alpha value is -8.20. The number of anilines is 3. The van der Waals surface area contributed by atoms with Crippen LogP contribution in [0, 0.1) is 0 Å². The van der Waals surface area contributed by atoms with Crippen LogP contribution in [0.5, 0.6) is 0 Å². The summed E-state index contributed by atoms with van der Waals surface area (Å²) in [4.78, 5) is 2.42. The first-order valence-corrected chi connectivity index (χ1v) is 21.3. The molecule has 0 radical (unpaired) electrons. The van der Waals surface area contributed by atoms with Crippen LogP contribution in [0.4, 0.5) is 17.1 Å². The van der Waals surface area contributed by atoms with Crippen molar-refractivity contribution in [3.8, 4) is 39.1 Å². The van der Waals surface area contributed by atoms with Crippen molar-refractivity contribution in [2.45, 2.75) is 0 Å². The van der Waals surface area contributed by atoms with E-state index in [-0.39, 0.29) is 0 Å². The van der Waals surface area contributed by atoms with E-state index < -0.39 is 0 Å². The fraction of sp³-hybridized carbons (Fsp3) is 0. The molecule has 0 unspecified atom stereocenters. The summed E-state index contributed by atoms with van der Waals surface area (Å²) in [6.07, 6.45) is 0. The monoisotopic (exact) mass is 788 g/mol. The van der Waals surface area contributed by atoms with E-state index in [1.54, 1.807) is 0 Å². The minimum atomic E-state index is 1.09. The van der Waals surface area contributed by atoms with Gasteiger partial charge in [-0.3, -0.25) is 0 Å². The topological polar surface area (TPSA) is 8.17 Å². The lowest BCUT2D eigenvalue weighted by atomic mass is 9.93. The molecule has 2 nitrogen and oxygen atoms in total. The quantitative estimate of drug-likeness (QED) is 0.146. The second-order valence-electron chi connectivity index (χ2n) is 16.1. The van der Waals surface area contributed by atoms with E-state index in [0.717, 1.165) is 33.9 Å². The molecule has 12 aromatic rings. The zero-order chi connectivity index (χ0) is 41.0. The Labute approximate surface area is 360 Å². The molecule has 0 aliphatic heterocycles. The minimum absolute atomic E-state index is 1.09. The summed E-state index contributed by atoms with van der Waals surface area (Å²) < 4.78 is 2.39. The Balaban J connectivity index is 1.01. The van der Waals surface area contributed by atoms with E-state index in [1.165, 1.54) is 76.4 Å². The first kappa shape index (κ1) is 35.7. The molecule has 11 aromatic carbocycles. The molecule has 0 saturated carbocycles. The van der Waals surface area contributed by atoms with Gasteiger partial charge in [0.15, 0.2) is 0 Å². The van der Waals surface area contributed by atoms with Crippen molar-refractivity contribution in [1.29, 1.82) is 0 Å². The van der Waals surface area contributed by atoms with E-state index in [9.17, 15) is 0 Å². The van der Waals surface area contributed by atoms with Crippen LogP contribution in [0.25, 0.3) is 93.2 Å². The van der Waals surface area contributed by atoms with Gasteiger partial charge in [0.25, 0.3) is 0 Å². The summed E-state index contributed by atoms with van der Waals surface area (Å²) in [6, 6.07) is 88.5. The Morgan fingerprint density at radius 3 is 1.73 bits per heavy atom. The van der Waals surface area contributed by atoms with Crippen LogP contribution in [0.15, 0.2) is 243 Å². The Bertz CT molecular complexity index is 3640. The average molecular weight is 789 g/mol. The second-order valence-corrected chi connectivity index (χ2v) is 16.1. The van der Waals surface area contributed by atoms with Gasteiger partial charge in [-0.2, -0.15) is 0 Å². The maximum atomic E-state index is 2.42. The third-order valence-corrected chi connectivity index (χ3v) is 12.5. The van der Waals surface area contributed by atoms with E-state index in [0.29, 0.717) is 0 Å². The van der Waals surface area contributed by atoms with E-state index in [4.69, 9.17) is 0 Å². The Morgan fingerprint density at radius 1 is 0.290 bits per heavy atom. The van der Waals surface area contributed by atoms with Gasteiger partial charge in [-0.05, 0) is 127 Å². The number of hydrogen-bond acceptors (Lipinski definition) is 1. The highest BCUT2D eigenvalue weighted by atomic mass is 15.1. The molecule has 0 saturated heterocycles. The molecule has 62 heavy (non-hydrogen) atoms. The van der Waals surface area contributed by atoms with Crippen LogP contribution in [-0.2, 0) is 0 Å². The lowest BCUT2D eigenvalue weighted by molar-refractivity contribution is 1.18. The van der Waals surface area contributed by atoms with Crippen molar-refractivity contribution in [2.24, 2.45) is 0 Å². The van der Waals surface area contributed by atoms with Crippen LogP contribution in [-0.4, -0.2) is 4.57 Å². The zero-order valence-corrected chi connectivity index (χ0v) is 34.0. The van der Waals surface area contributed by atoms with Crippen molar-refractivity contribution < 1.29 is 0 Å². The second kappa shape index (κ2) is 14.8. The summed E-state index contributed by atoms with van der Waals surface area (Å²) in [6.45, 7) is 0. The molecule has 0 spiro atoms. The maximum Gasteiger partial charge on any atom is 0.0547 e. The predicted molar refractivity (Wildman–Crippen MR) is 264 cm³/mol. The van der Waals surface area contributed by atoms with Crippen molar-refractivity contribution in [1.82, 2.24) is 4.57 Å². The highest BCUT2D eigenvalue weighted by Crippen LogP contribution is 2.45. The van der Waals surface area contributed by atoms with Gasteiger partial charge in [0.05, 0.1) is 16.7 Å². The van der Waals surface area contributed by atoms with Gasteiger partial charge in [0.1, 0.15) is 0 Å². The number of nitrogens with zero attached hydrogens (tertiary/aromatic N) is 2. The van der Waals surface area contributed by atoms with E-state index in [1.807, 2.05) is 0 Å². The fourth-order valence-electron chi connectivity index (χ4n) is 9.71. The average Bonchev–Trinajstić information content (AvgIpc) is 3.69. The first-order chi connectivity index (χ1) is 30.8. The van der Waals surface area contributed by atoms with Crippen LogP contribution in [0.1, 0.15) is 0 Å². The normalized spacial score (nSPS) is 11.5. The van der Waals surface area contributed by atoms with Crippen LogP contribution < -0.4 is 4.90 Å². The van der Waals surface area contributed by atoms with Crippen molar-refractivity contribution in [2.75, 3.05) is 4.90 Å². The number of fused-ring (bicyclic) bond motifs is 7. The molecular formula is C60H40N2. The first-order valence-electron chi connectivity index (χ1n) is 21.3. The molecule has 290 valence electrons. The minimum Gasteiger partial charge on any atom is -0.310 e. The van der Waals surface area contributed by atoms with E-state index >= 15 is 0 Å². The lowest BCUT2D eigenvalue weighted by Crippen LogP contribution is -2.11. The summed E-state index contributed by atoms with van der Waals surface area (Å²) >= 11 is 0. The molecule has 1 aromatic heterocycles. The van der Waals surface area contributed by atoms with Gasteiger partial charge in [-0.25, -0.2) is 0 Å². The third-order valence-electron chi connectivity index (χ3n) is 12.5. The van der Waals surface area contributed by atoms with Crippen molar-refractivity contribution in [3.63, 3.8) is 0 Å². The molecule has 12 rings (SSSR count). The van der Waals surface area contributed by atoms with Gasteiger partial charge in [0, 0.05) is 33.4 Å². The number of rotatable bonds is 7. The smallest absolute Gasteiger partial charge is 0.0547 e. The summed E-state index contributed by atoms with van der Waals surface area (Å²) in [5, 5.41) is 9.99. The Kier molecular flexibility index (Phi) is 8.53. The molecule has 0 aliphatic carbocycles. The molecule has 1 heterocycles. The number of para-hydroxylation sites is 3. The summed E-state index contributed by atoms with van der Waals surface area (Å²) in [5.41, 5.74) is 14.0. The standard InChI is InChI=1S/C60H40N2/c1-2-21-47(22-3-1)62-58-30-13-11-27-55(58)60-52(28-15-31-59(60)62)45-20-14-19-44(38-45)51-24-10-12-29-57(51)61(49-37-32-41-16-4-5-17-43(41)39-49)48-35-33-42(34-36-48)56-40-46-18-6-7-23-50(46)53-25-8-9-26-54(53)56/h1-40H. The predicted octanol–water partition coefficient (Wildman–Crippen LogP) is 16.7. The lowest BCUT2D eigenvalue weighted by Gasteiger charge is -2.28. The van der Waals surface area contributed by atoms with Crippen molar-refractivity contribution >= 4 is 71.2 Å². The molecule has 0 atom stereocenters. The highest BCUT2D eigenvalue weighted by Gasteiger charge is 2.20. The van der Waals surface area contributed by atoms with Gasteiger partial charge in [0.2, 0.25) is 0 Å². The van der Waals surface area contributed by atoms with E-state index in [2.05, 4.69) is 252 Å². The van der Waals surface area contributed by atoms with Gasteiger partial charge < -0.3 is 9.47 Å². The summed E-state index contributed by atoms with van der Waals surface area (Å²) in [5.74, 6) is 0. The molecule has 0 aliphatic rings. The summed E-state index contributed by atoms with van der Waals surface area (Å²) in [7, 11) is 0. The van der Waals surface area contributed by atoms with Crippen LogP contribution >= 0.6 is 0 Å². The van der Waals surface area contributed by atoms with Gasteiger partial charge in [-0.1, -0.05) is 176 Å². The highest BCUT2D eigenvalue weighted by molar-refractivity contribution is 6.16. The zero-order valence-electron chi connectivity index (χ0n) is 34.0. The van der Waals surface area contributed by atoms with Crippen molar-refractivity contribution in [3.05, 3.63) is 243 Å². The van der Waals surface area contributed by atoms with Crippen LogP contribution in [0.3, 0.4) is 0 Å². The third kappa shape index (κ3) is 5.96. The fourth-order valence-corrected chi connectivity index (χ4v) is 9.71. The molecule has 2 heteroatoms. The maximum absolute atomic E-state index is 2.42. The van der Waals surface area contributed by atoms with Gasteiger partial charge >= 0.3 is 0 Å². The molecule has 0 bridgehead atoms. The number of hydrogen-bond donors (Lipinski definition) is 0.